The van der Waals surface area contributed by atoms with E-state index in [9.17, 15) is 4.39 Å². The number of ether oxygens (including phenoxy) is 1. The van der Waals surface area contributed by atoms with Crippen LogP contribution in [-0.2, 0) is 0 Å². The Morgan fingerprint density at radius 3 is 2.73 bits per heavy atom. The van der Waals surface area contributed by atoms with Gasteiger partial charge in [0, 0.05) is 6.42 Å². The fourth-order valence-corrected chi connectivity index (χ4v) is 3.35. The summed E-state index contributed by atoms with van der Waals surface area (Å²) >= 11 is 1.51. The molecule has 0 amide bonds. The third-order valence-corrected chi connectivity index (χ3v) is 4.55. The SMILES string of the molecule is CNCCC(Oc1c(F)ccc2ccsc12)c1ccccc1. The Labute approximate surface area is 133 Å². The van der Waals surface area contributed by atoms with Crippen LogP contribution in [0.5, 0.6) is 5.75 Å². The number of fused-ring (bicyclic) bond motifs is 1. The quantitative estimate of drug-likeness (QED) is 0.707. The number of hydrogen-bond acceptors (Lipinski definition) is 3. The molecule has 1 unspecified atom stereocenters. The second kappa shape index (κ2) is 6.90. The predicted octanol–water partition coefficient (Wildman–Crippen LogP) is 4.77. The van der Waals surface area contributed by atoms with Gasteiger partial charge in [-0.15, -0.1) is 11.3 Å². The van der Waals surface area contributed by atoms with Crippen LogP contribution in [0.25, 0.3) is 10.1 Å². The summed E-state index contributed by atoms with van der Waals surface area (Å²) in [6.45, 7) is 0.807. The molecule has 0 spiro atoms. The maximum absolute atomic E-state index is 14.3. The molecular formula is C18H18FNOS. The summed E-state index contributed by atoms with van der Waals surface area (Å²) in [5.41, 5.74) is 1.06. The summed E-state index contributed by atoms with van der Waals surface area (Å²) in [5.74, 6) is 0.0535. The van der Waals surface area contributed by atoms with Crippen LogP contribution in [0.4, 0.5) is 4.39 Å². The Bertz CT molecular complexity index is 741. The monoisotopic (exact) mass is 315 g/mol. The molecule has 2 nitrogen and oxygen atoms in total. The number of thiophene rings is 1. The largest absolute Gasteiger partial charge is 0.481 e. The molecule has 114 valence electrons. The summed E-state index contributed by atoms with van der Waals surface area (Å²) in [7, 11) is 1.91. The Morgan fingerprint density at radius 1 is 1.14 bits per heavy atom. The summed E-state index contributed by atoms with van der Waals surface area (Å²) < 4.78 is 21.2. The van der Waals surface area contributed by atoms with Gasteiger partial charge in [0.15, 0.2) is 11.6 Å². The van der Waals surface area contributed by atoms with Crippen molar-refractivity contribution in [3.63, 3.8) is 0 Å². The first-order chi connectivity index (χ1) is 10.8. The van der Waals surface area contributed by atoms with E-state index in [2.05, 4.69) is 5.32 Å². The summed E-state index contributed by atoms with van der Waals surface area (Å²) in [6.07, 6.45) is 0.609. The van der Waals surface area contributed by atoms with Crippen molar-refractivity contribution in [3.05, 3.63) is 65.3 Å². The van der Waals surface area contributed by atoms with Crippen molar-refractivity contribution < 1.29 is 9.13 Å². The molecular weight excluding hydrogens is 297 g/mol. The van der Waals surface area contributed by atoms with Gasteiger partial charge >= 0.3 is 0 Å². The molecule has 0 aliphatic heterocycles. The summed E-state index contributed by atoms with van der Waals surface area (Å²) in [5, 5.41) is 6.11. The lowest BCUT2D eigenvalue weighted by Gasteiger charge is -2.20. The molecule has 0 saturated heterocycles. The topological polar surface area (TPSA) is 21.3 Å². The zero-order chi connectivity index (χ0) is 15.4. The Morgan fingerprint density at radius 2 is 1.95 bits per heavy atom. The maximum Gasteiger partial charge on any atom is 0.173 e. The lowest BCUT2D eigenvalue weighted by molar-refractivity contribution is 0.189. The van der Waals surface area contributed by atoms with Gasteiger partial charge in [-0.1, -0.05) is 36.4 Å². The van der Waals surface area contributed by atoms with Crippen molar-refractivity contribution >= 4 is 21.4 Å². The van der Waals surface area contributed by atoms with E-state index in [0.29, 0.717) is 5.75 Å². The van der Waals surface area contributed by atoms with E-state index in [-0.39, 0.29) is 11.9 Å². The van der Waals surface area contributed by atoms with Crippen molar-refractivity contribution in [2.24, 2.45) is 0 Å². The third-order valence-electron chi connectivity index (χ3n) is 3.62. The van der Waals surface area contributed by atoms with Gasteiger partial charge < -0.3 is 10.1 Å². The van der Waals surface area contributed by atoms with Crippen LogP contribution in [0.1, 0.15) is 18.1 Å². The molecule has 2 aromatic carbocycles. The molecule has 1 heterocycles. The first-order valence-electron chi connectivity index (χ1n) is 7.31. The van der Waals surface area contributed by atoms with Crippen molar-refractivity contribution in [1.82, 2.24) is 5.32 Å². The molecule has 0 radical (unpaired) electrons. The molecule has 3 rings (SSSR count). The second-order valence-corrected chi connectivity index (χ2v) is 6.04. The van der Waals surface area contributed by atoms with E-state index in [4.69, 9.17) is 4.74 Å². The van der Waals surface area contributed by atoms with Gasteiger partial charge in [0.1, 0.15) is 6.10 Å². The van der Waals surface area contributed by atoms with Gasteiger partial charge in [0.2, 0.25) is 0 Å². The third kappa shape index (κ3) is 3.13. The fraction of sp³-hybridized carbons (Fsp3) is 0.222. The number of halogens is 1. The van der Waals surface area contributed by atoms with Crippen LogP contribution in [-0.4, -0.2) is 13.6 Å². The molecule has 0 aliphatic rings. The van der Waals surface area contributed by atoms with Crippen molar-refractivity contribution in [2.45, 2.75) is 12.5 Å². The van der Waals surface area contributed by atoms with Crippen LogP contribution >= 0.6 is 11.3 Å². The number of benzene rings is 2. The molecule has 4 heteroatoms. The van der Waals surface area contributed by atoms with Crippen LogP contribution in [0.3, 0.4) is 0 Å². The van der Waals surface area contributed by atoms with Crippen molar-refractivity contribution in [2.75, 3.05) is 13.6 Å². The molecule has 0 fully saturated rings. The number of hydrogen-bond donors (Lipinski definition) is 1. The predicted molar refractivity (Wildman–Crippen MR) is 90.1 cm³/mol. The first-order valence-corrected chi connectivity index (χ1v) is 8.19. The van der Waals surface area contributed by atoms with E-state index in [1.54, 1.807) is 6.07 Å². The van der Waals surface area contributed by atoms with Gasteiger partial charge in [-0.05, 0) is 42.1 Å². The molecule has 1 atom stereocenters. The number of nitrogens with one attached hydrogen (secondary N) is 1. The highest BCUT2D eigenvalue weighted by atomic mass is 32.1. The molecule has 0 aliphatic carbocycles. The van der Waals surface area contributed by atoms with E-state index < -0.39 is 0 Å². The Kier molecular flexibility index (Phi) is 4.71. The smallest absolute Gasteiger partial charge is 0.173 e. The molecule has 1 aromatic heterocycles. The summed E-state index contributed by atoms with van der Waals surface area (Å²) in [4.78, 5) is 0. The van der Waals surface area contributed by atoms with Crippen molar-refractivity contribution in [1.29, 1.82) is 0 Å². The zero-order valence-electron chi connectivity index (χ0n) is 12.4. The van der Waals surface area contributed by atoms with Crippen molar-refractivity contribution in [3.8, 4) is 5.75 Å². The second-order valence-electron chi connectivity index (χ2n) is 5.12. The zero-order valence-corrected chi connectivity index (χ0v) is 13.2. The fourth-order valence-electron chi connectivity index (χ4n) is 2.47. The van der Waals surface area contributed by atoms with Gasteiger partial charge in [-0.25, -0.2) is 4.39 Å². The van der Waals surface area contributed by atoms with E-state index in [0.717, 1.165) is 28.6 Å². The van der Waals surface area contributed by atoms with Crippen LogP contribution in [0.15, 0.2) is 53.9 Å². The maximum atomic E-state index is 14.3. The minimum Gasteiger partial charge on any atom is -0.481 e. The van der Waals surface area contributed by atoms with Gasteiger partial charge in [-0.2, -0.15) is 0 Å². The minimum absolute atomic E-state index is 0.171. The minimum atomic E-state index is -0.305. The molecule has 0 bridgehead atoms. The van der Waals surface area contributed by atoms with Crippen LogP contribution in [0, 0.1) is 5.82 Å². The standard InChI is InChI=1S/C18H18FNOS/c1-20-11-9-16(13-5-3-2-4-6-13)21-17-15(19)8-7-14-10-12-22-18(14)17/h2-8,10,12,16,20H,9,11H2,1H3. The lowest BCUT2D eigenvalue weighted by atomic mass is 10.1. The highest BCUT2D eigenvalue weighted by Crippen LogP contribution is 2.36. The van der Waals surface area contributed by atoms with Crippen LogP contribution in [0.2, 0.25) is 0 Å². The van der Waals surface area contributed by atoms with Gasteiger partial charge in [-0.3, -0.25) is 0 Å². The lowest BCUT2D eigenvalue weighted by Crippen LogP contribution is -2.16. The first kappa shape index (κ1) is 15.0. The molecule has 1 N–H and O–H groups in total. The normalized spacial score (nSPS) is 12.5. The van der Waals surface area contributed by atoms with E-state index in [1.807, 2.05) is 48.8 Å². The highest BCUT2D eigenvalue weighted by molar-refractivity contribution is 7.17. The van der Waals surface area contributed by atoms with E-state index in [1.165, 1.54) is 17.4 Å². The Hall–Kier alpha value is -1.91. The average Bonchev–Trinajstić information content (AvgIpc) is 3.03. The molecule has 22 heavy (non-hydrogen) atoms. The van der Waals surface area contributed by atoms with Crippen LogP contribution < -0.4 is 10.1 Å². The number of rotatable bonds is 6. The molecule has 0 saturated carbocycles. The highest BCUT2D eigenvalue weighted by Gasteiger charge is 2.18. The Balaban J connectivity index is 1.95. The molecule has 3 aromatic rings. The van der Waals surface area contributed by atoms with E-state index >= 15 is 0 Å². The van der Waals surface area contributed by atoms with Gasteiger partial charge in [0.25, 0.3) is 0 Å². The summed E-state index contributed by atoms with van der Waals surface area (Å²) in [6, 6.07) is 15.2. The average molecular weight is 315 g/mol. The van der Waals surface area contributed by atoms with Gasteiger partial charge in [0.05, 0.1) is 4.70 Å².